The van der Waals surface area contributed by atoms with Crippen LogP contribution in [0.25, 0.3) is 0 Å². The van der Waals surface area contributed by atoms with Gasteiger partial charge in [-0.2, -0.15) is 0 Å². The average Bonchev–Trinajstić information content (AvgIpc) is 2.99. The molecule has 0 bridgehead atoms. The van der Waals surface area contributed by atoms with Gasteiger partial charge in [-0.05, 0) is 28.8 Å². The highest BCUT2D eigenvalue weighted by Gasteiger charge is 2.47. The first-order valence-electron chi connectivity index (χ1n) is 13.2. The van der Waals surface area contributed by atoms with E-state index in [1.54, 1.807) is 11.8 Å². The largest absolute Gasteiger partial charge is 0.387 e. The van der Waals surface area contributed by atoms with Gasteiger partial charge < -0.3 is 24.1 Å². The number of rotatable bonds is 12. The molecule has 0 radical (unpaired) electrons. The van der Waals surface area contributed by atoms with Crippen LogP contribution in [0, 0.1) is 0 Å². The first kappa shape index (κ1) is 27.6. The minimum Gasteiger partial charge on any atom is -0.387 e. The number of hydrogen-bond acceptors (Lipinski definition) is 6. The van der Waals surface area contributed by atoms with Gasteiger partial charge in [0.25, 0.3) is 0 Å². The van der Waals surface area contributed by atoms with Crippen LogP contribution in [0.4, 0.5) is 0 Å². The van der Waals surface area contributed by atoms with E-state index in [-0.39, 0.29) is 6.61 Å². The third kappa shape index (κ3) is 8.02. The van der Waals surface area contributed by atoms with E-state index in [1.807, 2.05) is 121 Å². The van der Waals surface area contributed by atoms with Gasteiger partial charge in [-0.3, -0.25) is 0 Å². The van der Waals surface area contributed by atoms with E-state index in [4.69, 9.17) is 18.9 Å². The third-order valence-corrected chi connectivity index (χ3v) is 7.73. The number of ether oxygens (including phenoxy) is 4. The molecule has 39 heavy (non-hydrogen) atoms. The molecule has 0 saturated carbocycles. The van der Waals surface area contributed by atoms with Crippen molar-refractivity contribution in [3.05, 3.63) is 138 Å². The Hall–Kier alpha value is -2.97. The van der Waals surface area contributed by atoms with Crippen molar-refractivity contribution in [3.63, 3.8) is 0 Å². The van der Waals surface area contributed by atoms with Gasteiger partial charge in [0.15, 0.2) is 0 Å². The molecule has 0 aromatic heterocycles. The van der Waals surface area contributed by atoms with Crippen LogP contribution in [-0.4, -0.2) is 41.6 Å². The van der Waals surface area contributed by atoms with Crippen molar-refractivity contribution in [1.29, 1.82) is 0 Å². The van der Waals surface area contributed by atoms with E-state index in [9.17, 15) is 5.11 Å². The molecule has 5 atom stereocenters. The van der Waals surface area contributed by atoms with Crippen molar-refractivity contribution >= 4 is 11.8 Å². The molecule has 4 aromatic rings. The van der Waals surface area contributed by atoms with Gasteiger partial charge in [-0.25, -0.2) is 0 Å². The summed E-state index contributed by atoms with van der Waals surface area (Å²) < 4.78 is 25.4. The summed E-state index contributed by atoms with van der Waals surface area (Å²) >= 11 is 1.57. The Morgan fingerprint density at radius 3 is 1.59 bits per heavy atom. The Kier molecular flexibility index (Phi) is 10.2. The zero-order chi connectivity index (χ0) is 26.7. The SMILES string of the molecule is O[C@@H]1C(COCc2ccccc2)O[C@H](Sc2ccccc2)C(OCc2ccccc2)C1OCc1ccccc1. The quantitative estimate of drug-likeness (QED) is 0.228. The van der Waals surface area contributed by atoms with E-state index >= 15 is 0 Å². The summed E-state index contributed by atoms with van der Waals surface area (Å²) in [6.45, 7) is 1.41. The molecule has 4 aromatic carbocycles. The molecule has 1 saturated heterocycles. The second-order valence-corrected chi connectivity index (χ2v) is 10.7. The van der Waals surface area contributed by atoms with E-state index < -0.39 is 29.9 Å². The zero-order valence-corrected chi connectivity index (χ0v) is 22.6. The summed E-state index contributed by atoms with van der Waals surface area (Å²) in [5, 5.41) is 11.5. The fourth-order valence-corrected chi connectivity index (χ4v) is 5.67. The topological polar surface area (TPSA) is 57.2 Å². The van der Waals surface area contributed by atoms with E-state index in [1.165, 1.54) is 0 Å². The molecule has 0 spiro atoms. The monoisotopic (exact) mass is 542 g/mol. The van der Waals surface area contributed by atoms with Gasteiger partial charge in [-0.15, -0.1) is 0 Å². The lowest BCUT2D eigenvalue weighted by Crippen LogP contribution is -2.59. The van der Waals surface area contributed by atoms with Crippen LogP contribution in [0.1, 0.15) is 16.7 Å². The number of thioether (sulfide) groups is 1. The lowest BCUT2D eigenvalue weighted by Gasteiger charge is -2.44. The molecule has 1 fully saturated rings. The molecule has 6 heteroatoms. The van der Waals surface area contributed by atoms with Crippen molar-refractivity contribution in [2.45, 2.75) is 54.6 Å². The predicted molar refractivity (Wildman–Crippen MR) is 153 cm³/mol. The van der Waals surface area contributed by atoms with Gasteiger partial charge in [-0.1, -0.05) is 121 Å². The molecule has 1 heterocycles. The van der Waals surface area contributed by atoms with Crippen molar-refractivity contribution in [2.75, 3.05) is 6.61 Å². The molecule has 202 valence electrons. The molecule has 0 aliphatic carbocycles. The highest BCUT2D eigenvalue weighted by atomic mass is 32.2. The zero-order valence-electron chi connectivity index (χ0n) is 21.8. The maximum Gasteiger partial charge on any atom is 0.137 e. The van der Waals surface area contributed by atoms with Gasteiger partial charge >= 0.3 is 0 Å². The summed E-state index contributed by atoms with van der Waals surface area (Å²) in [6.07, 6.45) is -2.64. The molecular weight excluding hydrogens is 508 g/mol. The van der Waals surface area contributed by atoms with Gasteiger partial charge in [0, 0.05) is 4.90 Å². The van der Waals surface area contributed by atoms with E-state index in [2.05, 4.69) is 0 Å². The minimum absolute atomic E-state index is 0.235. The first-order valence-corrected chi connectivity index (χ1v) is 14.1. The van der Waals surface area contributed by atoms with Crippen LogP contribution in [-0.2, 0) is 38.8 Å². The Bertz CT molecular complexity index is 1230. The number of aliphatic hydroxyl groups is 1. The molecule has 1 aliphatic heterocycles. The summed E-state index contributed by atoms with van der Waals surface area (Å²) in [7, 11) is 0. The van der Waals surface area contributed by atoms with E-state index in [0.29, 0.717) is 19.8 Å². The van der Waals surface area contributed by atoms with Crippen LogP contribution in [0.15, 0.2) is 126 Å². The lowest BCUT2D eigenvalue weighted by atomic mass is 9.99. The van der Waals surface area contributed by atoms with Crippen LogP contribution < -0.4 is 0 Å². The number of aliphatic hydroxyl groups excluding tert-OH is 1. The average molecular weight is 543 g/mol. The Morgan fingerprint density at radius 2 is 1.05 bits per heavy atom. The summed E-state index contributed by atoms with van der Waals surface area (Å²) in [4.78, 5) is 1.05. The van der Waals surface area contributed by atoms with Gasteiger partial charge in [0.1, 0.15) is 29.9 Å². The maximum atomic E-state index is 11.5. The van der Waals surface area contributed by atoms with Crippen molar-refractivity contribution < 1.29 is 24.1 Å². The standard InChI is InChI=1S/C33H34O5S/c34-30-29(24-35-21-25-13-5-1-6-14-25)38-33(39-28-19-11-4-12-20-28)32(37-23-27-17-9-3-10-18-27)31(30)36-22-26-15-7-2-8-16-26/h1-20,29-34H,21-24H2/t29?,30-,31?,32?,33-/m1/s1. The van der Waals surface area contributed by atoms with Crippen molar-refractivity contribution in [3.8, 4) is 0 Å². The van der Waals surface area contributed by atoms with Crippen LogP contribution in [0.5, 0.6) is 0 Å². The normalized spacial score (nSPS) is 22.9. The van der Waals surface area contributed by atoms with Crippen LogP contribution >= 0.6 is 11.8 Å². The van der Waals surface area contributed by atoms with Crippen LogP contribution in [0.2, 0.25) is 0 Å². The molecular formula is C33H34O5S. The Morgan fingerprint density at radius 1 is 0.590 bits per heavy atom. The fraction of sp³-hybridized carbons (Fsp3) is 0.273. The summed E-state index contributed by atoms with van der Waals surface area (Å²) in [6, 6.07) is 40.1. The number of hydrogen-bond donors (Lipinski definition) is 1. The predicted octanol–water partition coefficient (Wildman–Crippen LogP) is 6.25. The maximum absolute atomic E-state index is 11.5. The summed E-state index contributed by atoms with van der Waals surface area (Å²) in [5.41, 5.74) is 2.73. The Labute approximate surface area is 234 Å². The van der Waals surface area contributed by atoms with E-state index in [0.717, 1.165) is 21.6 Å². The Balaban J connectivity index is 1.36. The fourth-order valence-electron chi connectivity index (χ4n) is 4.52. The second kappa shape index (κ2) is 14.4. The number of benzene rings is 4. The van der Waals surface area contributed by atoms with Crippen molar-refractivity contribution in [2.24, 2.45) is 0 Å². The highest BCUT2D eigenvalue weighted by molar-refractivity contribution is 7.99. The van der Waals surface area contributed by atoms with Crippen LogP contribution in [0.3, 0.4) is 0 Å². The third-order valence-electron chi connectivity index (χ3n) is 6.58. The molecule has 1 N–H and O–H groups in total. The van der Waals surface area contributed by atoms with Gasteiger partial charge in [0.2, 0.25) is 0 Å². The molecule has 5 rings (SSSR count). The van der Waals surface area contributed by atoms with Gasteiger partial charge in [0.05, 0.1) is 26.4 Å². The second-order valence-electron chi connectivity index (χ2n) is 9.49. The summed E-state index contributed by atoms with van der Waals surface area (Å²) in [5.74, 6) is 0. The first-order chi connectivity index (χ1) is 19.3. The smallest absolute Gasteiger partial charge is 0.137 e. The molecule has 5 nitrogen and oxygen atoms in total. The van der Waals surface area contributed by atoms with Crippen molar-refractivity contribution in [1.82, 2.24) is 0 Å². The minimum atomic E-state index is -0.933. The molecule has 3 unspecified atom stereocenters. The molecule has 0 amide bonds. The highest BCUT2D eigenvalue weighted by Crippen LogP contribution is 2.37. The lowest BCUT2D eigenvalue weighted by molar-refractivity contribution is -0.240. The molecule has 1 aliphatic rings.